The summed E-state index contributed by atoms with van der Waals surface area (Å²) in [5.74, 6) is 0.735. The van der Waals surface area contributed by atoms with Gasteiger partial charge in [-0.2, -0.15) is 5.26 Å². The lowest BCUT2D eigenvalue weighted by Crippen LogP contribution is -2.30. The molecule has 0 saturated heterocycles. The van der Waals surface area contributed by atoms with Gasteiger partial charge in [0.2, 0.25) is 0 Å². The summed E-state index contributed by atoms with van der Waals surface area (Å²) in [5, 5.41) is 8.82. The Morgan fingerprint density at radius 3 is 2.53 bits per heavy atom. The van der Waals surface area contributed by atoms with Crippen LogP contribution < -0.4 is 4.90 Å². The molecule has 0 aliphatic rings. The van der Waals surface area contributed by atoms with Crippen molar-refractivity contribution in [3.63, 3.8) is 0 Å². The van der Waals surface area contributed by atoms with Crippen LogP contribution in [0.2, 0.25) is 0 Å². The summed E-state index contributed by atoms with van der Waals surface area (Å²) in [5.41, 5.74) is 1.24. The highest BCUT2D eigenvalue weighted by molar-refractivity contribution is 5.46. The van der Waals surface area contributed by atoms with E-state index in [1.807, 2.05) is 6.07 Å². The van der Waals surface area contributed by atoms with Crippen molar-refractivity contribution in [2.24, 2.45) is 5.92 Å². The Hall–Kier alpha value is -1.49. The lowest BCUT2D eigenvalue weighted by molar-refractivity contribution is 0.446. The SMILES string of the molecule is CCCCC(CC)CN(CCC#N)c1ccccc1. The second kappa shape index (κ2) is 9.44. The molecule has 1 unspecified atom stereocenters. The molecule has 0 saturated carbocycles. The van der Waals surface area contributed by atoms with Crippen LogP contribution in [0.25, 0.3) is 0 Å². The zero-order chi connectivity index (χ0) is 13.9. The van der Waals surface area contributed by atoms with E-state index in [9.17, 15) is 0 Å². The van der Waals surface area contributed by atoms with E-state index in [-0.39, 0.29) is 0 Å². The summed E-state index contributed by atoms with van der Waals surface area (Å²) in [4.78, 5) is 2.37. The molecular formula is C17H26N2. The van der Waals surface area contributed by atoms with Gasteiger partial charge in [0.05, 0.1) is 12.5 Å². The van der Waals surface area contributed by atoms with E-state index in [2.05, 4.69) is 49.1 Å². The monoisotopic (exact) mass is 258 g/mol. The van der Waals surface area contributed by atoms with Gasteiger partial charge in [-0.1, -0.05) is 51.3 Å². The first-order valence-corrected chi connectivity index (χ1v) is 7.48. The Kier molecular flexibility index (Phi) is 7.74. The summed E-state index contributed by atoms with van der Waals surface area (Å²) >= 11 is 0. The normalized spacial score (nSPS) is 11.8. The van der Waals surface area contributed by atoms with Crippen LogP contribution in [0.4, 0.5) is 5.69 Å². The first kappa shape index (κ1) is 15.6. The van der Waals surface area contributed by atoms with Crippen LogP contribution >= 0.6 is 0 Å². The molecule has 19 heavy (non-hydrogen) atoms. The highest BCUT2D eigenvalue weighted by atomic mass is 15.1. The molecule has 0 N–H and O–H groups in total. The predicted molar refractivity (Wildman–Crippen MR) is 82.2 cm³/mol. The van der Waals surface area contributed by atoms with Crippen LogP contribution in [0, 0.1) is 17.2 Å². The smallest absolute Gasteiger partial charge is 0.0640 e. The molecule has 104 valence electrons. The van der Waals surface area contributed by atoms with Gasteiger partial charge in [-0.15, -0.1) is 0 Å². The summed E-state index contributed by atoms with van der Waals surface area (Å²) in [6.07, 6.45) is 5.68. The second-order valence-corrected chi connectivity index (χ2v) is 5.11. The highest BCUT2D eigenvalue weighted by Crippen LogP contribution is 2.20. The molecule has 0 heterocycles. The average molecular weight is 258 g/mol. The molecular weight excluding hydrogens is 232 g/mol. The third kappa shape index (κ3) is 5.79. The number of hydrogen-bond donors (Lipinski definition) is 0. The molecule has 1 aromatic rings. The summed E-state index contributed by atoms with van der Waals surface area (Å²) in [7, 11) is 0. The van der Waals surface area contributed by atoms with Gasteiger partial charge in [-0.3, -0.25) is 0 Å². The highest BCUT2D eigenvalue weighted by Gasteiger charge is 2.12. The fourth-order valence-corrected chi connectivity index (χ4v) is 2.38. The minimum Gasteiger partial charge on any atom is -0.370 e. The summed E-state index contributed by atoms with van der Waals surface area (Å²) in [6, 6.07) is 12.7. The van der Waals surface area contributed by atoms with Crippen molar-refractivity contribution in [1.29, 1.82) is 5.26 Å². The number of nitriles is 1. The minimum absolute atomic E-state index is 0.596. The van der Waals surface area contributed by atoms with Crippen molar-refractivity contribution in [1.82, 2.24) is 0 Å². The third-order valence-electron chi connectivity index (χ3n) is 3.64. The molecule has 0 spiro atoms. The standard InChI is InChI=1S/C17H26N2/c1-3-5-10-16(4-2)15-19(14-9-13-18)17-11-7-6-8-12-17/h6-8,11-12,16H,3-5,9-10,14-15H2,1-2H3. The quantitative estimate of drug-likeness (QED) is 0.646. The molecule has 0 aromatic heterocycles. The van der Waals surface area contributed by atoms with Gasteiger partial charge < -0.3 is 4.90 Å². The number of benzene rings is 1. The van der Waals surface area contributed by atoms with Crippen molar-refractivity contribution >= 4 is 5.69 Å². The van der Waals surface area contributed by atoms with Crippen molar-refractivity contribution in [2.75, 3.05) is 18.0 Å². The molecule has 2 heteroatoms. The number of rotatable bonds is 9. The zero-order valence-electron chi connectivity index (χ0n) is 12.3. The van der Waals surface area contributed by atoms with Crippen molar-refractivity contribution in [3.8, 4) is 6.07 Å². The number of anilines is 1. The molecule has 0 aliphatic carbocycles. The Morgan fingerprint density at radius 2 is 1.95 bits per heavy atom. The first-order chi connectivity index (χ1) is 9.31. The summed E-state index contributed by atoms with van der Waals surface area (Å²) < 4.78 is 0. The first-order valence-electron chi connectivity index (χ1n) is 7.48. The van der Waals surface area contributed by atoms with Crippen molar-refractivity contribution in [2.45, 2.75) is 46.0 Å². The topological polar surface area (TPSA) is 27.0 Å². The van der Waals surface area contributed by atoms with E-state index in [4.69, 9.17) is 5.26 Å². The van der Waals surface area contributed by atoms with Crippen LogP contribution in [0.1, 0.15) is 46.0 Å². The minimum atomic E-state index is 0.596. The van der Waals surface area contributed by atoms with Crippen LogP contribution in [-0.2, 0) is 0 Å². The molecule has 1 aromatic carbocycles. The Morgan fingerprint density at radius 1 is 1.21 bits per heavy atom. The zero-order valence-corrected chi connectivity index (χ0v) is 12.3. The van der Waals surface area contributed by atoms with Gasteiger partial charge in [-0.05, 0) is 24.5 Å². The molecule has 0 amide bonds. The van der Waals surface area contributed by atoms with Gasteiger partial charge in [0.15, 0.2) is 0 Å². The van der Waals surface area contributed by atoms with E-state index < -0.39 is 0 Å². The predicted octanol–water partition coefficient (Wildman–Crippen LogP) is 4.62. The number of hydrogen-bond acceptors (Lipinski definition) is 2. The molecule has 2 nitrogen and oxygen atoms in total. The van der Waals surface area contributed by atoms with Gasteiger partial charge in [0.1, 0.15) is 0 Å². The van der Waals surface area contributed by atoms with Gasteiger partial charge in [0, 0.05) is 18.8 Å². The van der Waals surface area contributed by atoms with E-state index in [0.29, 0.717) is 6.42 Å². The fourth-order valence-electron chi connectivity index (χ4n) is 2.38. The van der Waals surface area contributed by atoms with E-state index in [1.54, 1.807) is 0 Å². The van der Waals surface area contributed by atoms with Gasteiger partial charge >= 0.3 is 0 Å². The number of para-hydroxylation sites is 1. The van der Waals surface area contributed by atoms with Crippen molar-refractivity contribution in [3.05, 3.63) is 30.3 Å². The van der Waals surface area contributed by atoms with Crippen LogP contribution in [0.5, 0.6) is 0 Å². The van der Waals surface area contributed by atoms with Crippen molar-refractivity contribution < 1.29 is 0 Å². The van der Waals surface area contributed by atoms with Crippen LogP contribution in [-0.4, -0.2) is 13.1 Å². The molecule has 1 atom stereocenters. The molecule has 0 fully saturated rings. The number of nitrogens with zero attached hydrogens (tertiary/aromatic N) is 2. The number of unbranched alkanes of at least 4 members (excludes halogenated alkanes) is 1. The molecule has 1 rings (SSSR count). The average Bonchev–Trinajstić information content (AvgIpc) is 2.47. The van der Waals surface area contributed by atoms with Gasteiger partial charge in [-0.25, -0.2) is 0 Å². The Bertz CT molecular complexity index is 367. The van der Waals surface area contributed by atoms with E-state index in [1.165, 1.54) is 31.4 Å². The molecule has 0 aliphatic heterocycles. The molecule has 0 radical (unpaired) electrons. The maximum atomic E-state index is 8.82. The lowest BCUT2D eigenvalue weighted by Gasteiger charge is -2.28. The maximum absolute atomic E-state index is 8.82. The second-order valence-electron chi connectivity index (χ2n) is 5.11. The lowest BCUT2D eigenvalue weighted by atomic mass is 9.98. The largest absolute Gasteiger partial charge is 0.370 e. The summed E-state index contributed by atoms with van der Waals surface area (Å²) in [6.45, 7) is 6.43. The maximum Gasteiger partial charge on any atom is 0.0640 e. The van der Waals surface area contributed by atoms with Crippen LogP contribution in [0.3, 0.4) is 0 Å². The van der Waals surface area contributed by atoms with E-state index in [0.717, 1.165) is 19.0 Å². The van der Waals surface area contributed by atoms with Crippen LogP contribution in [0.15, 0.2) is 30.3 Å². The van der Waals surface area contributed by atoms with Gasteiger partial charge in [0.25, 0.3) is 0 Å². The molecule has 0 bridgehead atoms. The van der Waals surface area contributed by atoms with E-state index >= 15 is 0 Å². The Balaban J connectivity index is 2.66. The fraction of sp³-hybridized carbons (Fsp3) is 0.588. The third-order valence-corrected chi connectivity index (χ3v) is 3.64. The Labute approximate surface area is 118 Å².